The number of carbonyl (C=O) groups is 1. The summed E-state index contributed by atoms with van der Waals surface area (Å²) in [6.45, 7) is 21.1. The van der Waals surface area contributed by atoms with Gasteiger partial charge in [-0.3, -0.25) is 4.79 Å². The quantitative estimate of drug-likeness (QED) is 0.104. The molecule has 0 spiro atoms. The average Bonchev–Trinajstić information content (AvgIpc) is 2.80. The lowest BCUT2D eigenvalue weighted by molar-refractivity contribution is -0.122. The van der Waals surface area contributed by atoms with Crippen LogP contribution in [0.25, 0.3) is 0 Å². The molecule has 0 saturated heterocycles. The Labute approximate surface area is 225 Å². The fourth-order valence-electron chi connectivity index (χ4n) is 5.15. The van der Waals surface area contributed by atoms with Crippen molar-refractivity contribution >= 4 is 27.5 Å². The monoisotopic (exact) mass is 529 g/mol. The summed E-state index contributed by atoms with van der Waals surface area (Å²) in [6.07, 6.45) is 11.1. The molecule has 0 aromatic rings. The second-order valence-electron chi connectivity index (χ2n) is 10.9. The summed E-state index contributed by atoms with van der Waals surface area (Å²) < 4.78 is 12.8. The molecule has 1 N–H and O–H groups in total. The van der Waals surface area contributed by atoms with E-state index >= 15 is 0 Å². The van der Waals surface area contributed by atoms with Gasteiger partial charge in [-0.1, -0.05) is 81.2 Å². The number of ether oxygens (including phenoxy) is 2. The maximum absolute atomic E-state index is 12.3. The molecule has 1 aliphatic rings. The molecular weight excluding hydrogens is 474 g/mol. The van der Waals surface area contributed by atoms with E-state index in [-0.39, 0.29) is 24.2 Å². The van der Waals surface area contributed by atoms with Gasteiger partial charge in [-0.2, -0.15) is 0 Å². The van der Waals surface area contributed by atoms with Gasteiger partial charge in [0.15, 0.2) is 0 Å². The number of unbranched alkanes of at least 4 members (excludes halogenated alkanes) is 1. The van der Waals surface area contributed by atoms with Crippen molar-refractivity contribution in [2.24, 2.45) is 11.8 Å². The van der Waals surface area contributed by atoms with E-state index in [0.29, 0.717) is 36.2 Å². The average molecular weight is 530 g/mol. The van der Waals surface area contributed by atoms with Crippen LogP contribution in [0.2, 0.25) is 0 Å². The molecule has 1 fully saturated rings. The van der Waals surface area contributed by atoms with Gasteiger partial charge in [-0.25, -0.2) is 0 Å². The van der Waals surface area contributed by atoms with E-state index in [1.807, 2.05) is 21.6 Å². The Bertz CT molecular complexity index is 600. The molecule has 1 saturated carbocycles. The highest BCUT2D eigenvalue weighted by molar-refractivity contribution is 8.77. The first-order chi connectivity index (χ1) is 16.7. The van der Waals surface area contributed by atoms with Crippen molar-refractivity contribution in [1.29, 1.82) is 0 Å². The van der Waals surface area contributed by atoms with Crippen molar-refractivity contribution < 1.29 is 14.3 Å². The van der Waals surface area contributed by atoms with Gasteiger partial charge in [0.25, 0.3) is 0 Å². The molecule has 1 aliphatic carbocycles. The highest BCUT2D eigenvalue weighted by Gasteiger charge is 2.35. The first-order valence-corrected chi connectivity index (χ1v) is 16.5. The maximum Gasteiger partial charge on any atom is 0.220 e. The number of rotatable bonds is 19. The molecule has 1 amide bonds. The number of allylic oxidation sites excluding steroid dienone is 1. The van der Waals surface area contributed by atoms with Gasteiger partial charge in [0.05, 0.1) is 18.3 Å². The molecule has 0 aliphatic heterocycles. The molecule has 35 heavy (non-hydrogen) atoms. The van der Waals surface area contributed by atoms with Crippen molar-refractivity contribution in [2.75, 3.05) is 18.9 Å². The molecule has 0 bridgehead atoms. The lowest BCUT2D eigenvalue weighted by Crippen LogP contribution is -2.39. The van der Waals surface area contributed by atoms with Crippen LogP contribution in [0.15, 0.2) is 12.2 Å². The van der Waals surface area contributed by atoms with E-state index in [9.17, 15) is 4.79 Å². The van der Waals surface area contributed by atoms with Gasteiger partial charge in [0.2, 0.25) is 5.91 Å². The van der Waals surface area contributed by atoms with Crippen molar-refractivity contribution in [1.82, 2.24) is 5.32 Å². The minimum absolute atomic E-state index is 0.109. The fraction of sp³-hybridized carbons (Fsp3) is 0.897. The minimum Gasteiger partial charge on any atom is -0.375 e. The Morgan fingerprint density at radius 2 is 1.97 bits per heavy atom. The van der Waals surface area contributed by atoms with Gasteiger partial charge in [-0.15, -0.1) is 0 Å². The number of carbonyl (C=O) groups excluding carboxylic acids is 1. The first-order valence-electron chi connectivity index (χ1n) is 14.2. The van der Waals surface area contributed by atoms with Crippen LogP contribution in [0.5, 0.6) is 0 Å². The Morgan fingerprint density at radius 3 is 2.57 bits per heavy atom. The second-order valence-corrected chi connectivity index (χ2v) is 13.8. The lowest BCUT2D eigenvalue weighted by atomic mass is 9.78. The summed E-state index contributed by atoms with van der Waals surface area (Å²) in [6, 6.07) is 0. The van der Waals surface area contributed by atoms with Crippen LogP contribution in [-0.2, 0) is 14.3 Å². The molecule has 0 heterocycles. The van der Waals surface area contributed by atoms with Gasteiger partial charge >= 0.3 is 0 Å². The second kappa shape index (κ2) is 18.1. The van der Waals surface area contributed by atoms with Crippen LogP contribution >= 0.6 is 21.6 Å². The predicted octanol–water partition coefficient (Wildman–Crippen LogP) is 8.20. The Morgan fingerprint density at radius 1 is 1.23 bits per heavy atom. The largest absolute Gasteiger partial charge is 0.375 e. The standard InChI is InChI=1S/C29H55NO3S2/c1-9-12-14-25(8)28(33-22(4)5)26(10-2)32-17-13-16-30-27(31)15-18-34-35-29(11-3)20-23(6)19-24(7)21-29/h22,24-26,28H,6,9-21H2,1-5,7-8H3,(H,30,31). The third kappa shape index (κ3) is 13.3. The molecule has 5 unspecified atom stereocenters. The minimum atomic E-state index is 0.109. The van der Waals surface area contributed by atoms with E-state index in [4.69, 9.17) is 9.47 Å². The highest BCUT2D eigenvalue weighted by Crippen LogP contribution is 2.50. The van der Waals surface area contributed by atoms with Gasteiger partial charge in [-0.05, 0) is 70.6 Å². The van der Waals surface area contributed by atoms with E-state index in [1.54, 1.807) is 0 Å². The van der Waals surface area contributed by atoms with E-state index in [1.165, 1.54) is 44.1 Å². The van der Waals surface area contributed by atoms with Crippen LogP contribution in [0.1, 0.15) is 113 Å². The van der Waals surface area contributed by atoms with Gasteiger partial charge < -0.3 is 14.8 Å². The van der Waals surface area contributed by atoms with Crippen molar-refractivity contribution in [3.8, 4) is 0 Å². The molecule has 0 aromatic carbocycles. The van der Waals surface area contributed by atoms with Crippen LogP contribution in [-0.4, -0.2) is 47.9 Å². The molecule has 4 nitrogen and oxygen atoms in total. The maximum atomic E-state index is 12.3. The summed E-state index contributed by atoms with van der Waals surface area (Å²) in [5.74, 6) is 2.21. The first kappa shape index (κ1) is 32.9. The predicted molar refractivity (Wildman–Crippen MR) is 156 cm³/mol. The Balaban J connectivity index is 2.29. The summed E-state index contributed by atoms with van der Waals surface area (Å²) in [5.41, 5.74) is 1.39. The topological polar surface area (TPSA) is 47.6 Å². The SMILES string of the molecule is C=C1CC(C)CC(CC)(SSCCC(=O)NCCCOC(CC)C(OC(C)C)C(C)CCCC)C1. The number of hydrogen-bond donors (Lipinski definition) is 1. The fourth-order valence-corrected chi connectivity index (χ4v) is 8.47. The molecule has 1 rings (SSSR count). The Hall–Kier alpha value is -0.170. The third-order valence-corrected chi connectivity index (χ3v) is 10.3. The molecule has 5 atom stereocenters. The van der Waals surface area contributed by atoms with Crippen LogP contribution < -0.4 is 5.32 Å². The smallest absolute Gasteiger partial charge is 0.220 e. The summed E-state index contributed by atoms with van der Waals surface area (Å²) in [5, 5.41) is 3.08. The molecule has 6 heteroatoms. The number of amides is 1. The number of hydrogen-bond acceptors (Lipinski definition) is 5. The van der Waals surface area contributed by atoms with E-state index < -0.39 is 0 Å². The van der Waals surface area contributed by atoms with Gasteiger partial charge in [0.1, 0.15) is 0 Å². The lowest BCUT2D eigenvalue weighted by Gasteiger charge is -2.39. The summed E-state index contributed by atoms with van der Waals surface area (Å²) in [4.78, 5) is 12.3. The van der Waals surface area contributed by atoms with Crippen molar-refractivity contribution in [3.05, 3.63) is 12.2 Å². The molecule has 0 radical (unpaired) electrons. The highest BCUT2D eigenvalue weighted by atomic mass is 33.1. The van der Waals surface area contributed by atoms with Crippen molar-refractivity contribution in [2.45, 2.75) is 136 Å². The zero-order valence-electron chi connectivity index (χ0n) is 23.8. The zero-order chi connectivity index (χ0) is 26.3. The van der Waals surface area contributed by atoms with Crippen LogP contribution in [0.3, 0.4) is 0 Å². The molecular formula is C29H55NO3S2. The molecule has 0 aromatic heterocycles. The normalized spacial score (nSPS) is 23.3. The van der Waals surface area contributed by atoms with Crippen molar-refractivity contribution in [3.63, 3.8) is 0 Å². The molecule has 206 valence electrons. The Kier molecular flexibility index (Phi) is 17.0. The van der Waals surface area contributed by atoms with E-state index in [0.717, 1.165) is 25.0 Å². The number of nitrogens with one attached hydrogen (secondary N) is 1. The third-order valence-electron chi connectivity index (χ3n) is 6.97. The summed E-state index contributed by atoms with van der Waals surface area (Å²) in [7, 11) is 3.85. The zero-order valence-corrected chi connectivity index (χ0v) is 25.5. The van der Waals surface area contributed by atoms with E-state index in [2.05, 4.69) is 60.4 Å². The van der Waals surface area contributed by atoms with Crippen LogP contribution in [0.4, 0.5) is 0 Å². The van der Waals surface area contributed by atoms with Crippen LogP contribution in [0, 0.1) is 11.8 Å². The van der Waals surface area contributed by atoms with Gasteiger partial charge in [0, 0.05) is 30.1 Å². The summed E-state index contributed by atoms with van der Waals surface area (Å²) >= 11 is 0.